The van der Waals surface area contributed by atoms with Gasteiger partial charge in [0, 0.05) is 11.3 Å². The topological polar surface area (TPSA) is 65.9 Å². The Morgan fingerprint density at radius 2 is 2.00 bits per heavy atom. The molecule has 1 heterocycles. The third-order valence-electron chi connectivity index (χ3n) is 3.14. The molecule has 1 N–H and O–H groups in total. The van der Waals surface area contributed by atoms with Crippen molar-refractivity contribution < 1.29 is 4.74 Å². The van der Waals surface area contributed by atoms with E-state index >= 15 is 0 Å². The van der Waals surface area contributed by atoms with Gasteiger partial charge < -0.3 is 9.72 Å². The van der Waals surface area contributed by atoms with E-state index in [0.717, 1.165) is 22.4 Å². The Hall–Kier alpha value is -2.54. The maximum Gasteiger partial charge on any atom is 0.266 e. The van der Waals surface area contributed by atoms with E-state index in [-0.39, 0.29) is 11.1 Å². The monoisotopic (exact) mass is 268 g/mol. The molecule has 102 valence electrons. The lowest BCUT2D eigenvalue weighted by Crippen LogP contribution is -2.10. The minimum atomic E-state index is -0.365. The fourth-order valence-electron chi connectivity index (χ4n) is 2.11. The van der Waals surface area contributed by atoms with E-state index in [9.17, 15) is 4.79 Å². The van der Waals surface area contributed by atoms with E-state index in [2.05, 4.69) is 4.98 Å². The first-order valence-electron chi connectivity index (χ1n) is 6.44. The van der Waals surface area contributed by atoms with Crippen LogP contribution in [0.15, 0.2) is 29.1 Å². The van der Waals surface area contributed by atoms with Gasteiger partial charge in [0.25, 0.3) is 5.56 Å². The average Bonchev–Trinajstić information content (AvgIpc) is 2.42. The van der Waals surface area contributed by atoms with Crippen LogP contribution in [-0.2, 0) is 0 Å². The molecule has 0 fully saturated rings. The number of nitriles is 1. The van der Waals surface area contributed by atoms with Crippen molar-refractivity contribution in [2.45, 2.75) is 20.8 Å². The van der Waals surface area contributed by atoms with E-state index in [1.54, 1.807) is 12.1 Å². The van der Waals surface area contributed by atoms with Crippen LogP contribution in [0.2, 0.25) is 0 Å². The summed E-state index contributed by atoms with van der Waals surface area (Å²) in [5.41, 5.74) is 3.42. The molecule has 0 spiro atoms. The summed E-state index contributed by atoms with van der Waals surface area (Å²) in [4.78, 5) is 14.5. The van der Waals surface area contributed by atoms with Crippen LogP contribution in [0.3, 0.4) is 0 Å². The average molecular weight is 268 g/mol. The van der Waals surface area contributed by atoms with Crippen molar-refractivity contribution in [2.24, 2.45) is 0 Å². The van der Waals surface area contributed by atoms with Gasteiger partial charge in [-0.25, -0.2) is 0 Å². The molecule has 0 aliphatic heterocycles. The van der Waals surface area contributed by atoms with Crippen molar-refractivity contribution in [3.63, 3.8) is 0 Å². The minimum absolute atomic E-state index is 0.120. The molecule has 4 heteroatoms. The van der Waals surface area contributed by atoms with Gasteiger partial charge in [-0.05, 0) is 56.2 Å². The number of pyridine rings is 1. The third kappa shape index (κ3) is 2.57. The van der Waals surface area contributed by atoms with Crippen LogP contribution in [0.4, 0.5) is 0 Å². The Morgan fingerprint density at radius 3 is 2.60 bits per heavy atom. The lowest BCUT2D eigenvalue weighted by atomic mass is 10.0. The Kier molecular flexibility index (Phi) is 3.90. The molecule has 1 aromatic heterocycles. The fourth-order valence-corrected chi connectivity index (χ4v) is 2.11. The van der Waals surface area contributed by atoms with Crippen LogP contribution >= 0.6 is 0 Å². The van der Waals surface area contributed by atoms with Crippen molar-refractivity contribution in [1.82, 2.24) is 4.98 Å². The van der Waals surface area contributed by atoms with Gasteiger partial charge in [-0.3, -0.25) is 4.79 Å². The van der Waals surface area contributed by atoms with Crippen LogP contribution in [0, 0.1) is 25.2 Å². The maximum atomic E-state index is 11.7. The summed E-state index contributed by atoms with van der Waals surface area (Å²) in [5, 5.41) is 8.79. The number of hydrogen-bond donors (Lipinski definition) is 1. The second kappa shape index (κ2) is 5.62. The number of aromatic amines is 1. The summed E-state index contributed by atoms with van der Waals surface area (Å²) in [7, 11) is 0. The van der Waals surface area contributed by atoms with Crippen molar-refractivity contribution in [2.75, 3.05) is 6.61 Å². The highest BCUT2D eigenvalue weighted by Gasteiger charge is 2.09. The second-order valence-electron chi connectivity index (χ2n) is 4.59. The number of nitrogens with one attached hydrogen (secondary N) is 1. The van der Waals surface area contributed by atoms with E-state index in [1.807, 2.05) is 39.0 Å². The van der Waals surface area contributed by atoms with Crippen molar-refractivity contribution >= 4 is 0 Å². The lowest BCUT2D eigenvalue weighted by molar-refractivity contribution is 0.337. The smallest absolute Gasteiger partial charge is 0.266 e. The first-order chi connectivity index (χ1) is 9.56. The van der Waals surface area contributed by atoms with Crippen molar-refractivity contribution in [3.8, 4) is 23.1 Å². The van der Waals surface area contributed by atoms with Gasteiger partial charge in [0.15, 0.2) is 0 Å². The molecule has 0 amide bonds. The molecular weight excluding hydrogens is 252 g/mol. The normalized spacial score (nSPS) is 10.1. The number of H-pyrrole nitrogens is 1. The van der Waals surface area contributed by atoms with Gasteiger partial charge in [-0.1, -0.05) is 0 Å². The number of benzene rings is 1. The Morgan fingerprint density at radius 1 is 1.25 bits per heavy atom. The van der Waals surface area contributed by atoms with Crippen LogP contribution in [0.1, 0.15) is 23.6 Å². The summed E-state index contributed by atoms with van der Waals surface area (Å²) in [6.07, 6.45) is 0. The predicted molar refractivity (Wildman–Crippen MR) is 77.9 cm³/mol. The SMILES string of the molecule is CCOc1cc(C)c(-c2ccc(C#N)c(=O)[nH]2)cc1C. The number of hydrogen-bond acceptors (Lipinski definition) is 3. The molecule has 0 radical (unpaired) electrons. The van der Waals surface area contributed by atoms with E-state index in [4.69, 9.17) is 10.00 Å². The summed E-state index contributed by atoms with van der Waals surface area (Å²) in [6.45, 7) is 6.50. The fraction of sp³-hybridized carbons (Fsp3) is 0.250. The highest BCUT2D eigenvalue weighted by molar-refractivity contribution is 5.66. The first-order valence-corrected chi connectivity index (χ1v) is 6.44. The zero-order valence-corrected chi connectivity index (χ0v) is 11.8. The van der Waals surface area contributed by atoms with Crippen molar-refractivity contribution in [1.29, 1.82) is 5.26 Å². The largest absolute Gasteiger partial charge is 0.494 e. The van der Waals surface area contributed by atoms with Gasteiger partial charge in [-0.15, -0.1) is 0 Å². The van der Waals surface area contributed by atoms with E-state index in [1.165, 1.54) is 0 Å². The zero-order valence-electron chi connectivity index (χ0n) is 11.8. The van der Waals surface area contributed by atoms with E-state index in [0.29, 0.717) is 12.3 Å². The van der Waals surface area contributed by atoms with Gasteiger partial charge in [0.2, 0.25) is 0 Å². The third-order valence-corrected chi connectivity index (χ3v) is 3.14. The molecule has 1 aromatic carbocycles. The molecule has 0 aliphatic carbocycles. The van der Waals surface area contributed by atoms with Gasteiger partial charge in [0.05, 0.1) is 6.61 Å². The Labute approximate surface area is 117 Å². The Balaban J connectivity index is 2.54. The van der Waals surface area contributed by atoms with Crippen LogP contribution in [0.25, 0.3) is 11.3 Å². The molecular formula is C16H16N2O2. The molecule has 0 saturated carbocycles. The summed E-state index contributed by atoms with van der Waals surface area (Å²) >= 11 is 0. The number of nitrogens with zero attached hydrogens (tertiary/aromatic N) is 1. The maximum absolute atomic E-state index is 11.7. The lowest BCUT2D eigenvalue weighted by Gasteiger charge is -2.12. The zero-order chi connectivity index (χ0) is 14.7. The molecule has 20 heavy (non-hydrogen) atoms. The molecule has 0 atom stereocenters. The molecule has 4 nitrogen and oxygen atoms in total. The van der Waals surface area contributed by atoms with Gasteiger partial charge in [-0.2, -0.15) is 5.26 Å². The molecule has 0 bridgehead atoms. The summed E-state index contributed by atoms with van der Waals surface area (Å²) in [5.74, 6) is 0.852. The molecule has 2 rings (SSSR count). The number of aryl methyl sites for hydroxylation is 2. The number of rotatable bonds is 3. The summed E-state index contributed by atoms with van der Waals surface area (Å²) in [6, 6.07) is 9.10. The standard InChI is InChI=1S/C16H16N2O2/c1-4-20-15-8-10(2)13(7-11(15)3)14-6-5-12(9-17)16(19)18-14/h5-8H,4H2,1-3H3,(H,18,19). The predicted octanol–water partition coefficient (Wildman–Crippen LogP) is 2.93. The van der Waals surface area contributed by atoms with Gasteiger partial charge in [0.1, 0.15) is 17.4 Å². The van der Waals surface area contributed by atoms with Crippen molar-refractivity contribution in [3.05, 3.63) is 51.3 Å². The highest BCUT2D eigenvalue weighted by Crippen LogP contribution is 2.28. The quantitative estimate of drug-likeness (QED) is 0.930. The van der Waals surface area contributed by atoms with Crippen LogP contribution < -0.4 is 10.3 Å². The summed E-state index contributed by atoms with van der Waals surface area (Å²) < 4.78 is 5.55. The highest BCUT2D eigenvalue weighted by atomic mass is 16.5. The van der Waals surface area contributed by atoms with E-state index < -0.39 is 0 Å². The second-order valence-corrected chi connectivity index (χ2v) is 4.59. The number of ether oxygens (including phenoxy) is 1. The molecule has 0 unspecified atom stereocenters. The minimum Gasteiger partial charge on any atom is -0.494 e. The molecule has 0 aliphatic rings. The van der Waals surface area contributed by atoms with Gasteiger partial charge >= 0.3 is 0 Å². The molecule has 0 saturated heterocycles. The molecule has 2 aromatic rings. The first kappa shape index (κ1) is 13.9. The van der Waals surface area contributed by atoms with Crippen LogP contribution in [-0.4, -0.2) is 11.6 Å². The Bertz CT molecular complexity index is 739. The number of aromatic nitrogens is 1. The van der Waals surface area contributed by atoms with Crippen LogP contribution in [0.5, 0.6) is 5.75 Å².